The first-order valence-corrected chi connectivity index (χ1v) is 12.4. The summed E-state index contributed by atoms with van der Waals surface area (Å²) in [6, 6.07) is 10.3. The number of amides is 1. The van der Waals surface area contributed by atoms with E-state index in [-0.39, 0.29) is 17.3 Å². The van der Waals surface area contributed by atoms with E-state index in [0.717, 1.165) is 12.8 Å². The largest absolute Gasteiger partial charge is 0.355 e. The van der Waals surface area contributed by atoms with Gasteiger partial charge in [-0.1, -0.05) is 11.6 Å². The molecule has 10 heteroatoms. The van der Waals surface area contributed by atoms with E-state index < -0.39 is 16.1 Å². The number of hydrogen-bond donors (Lipinski definition) is 1. The third kappa shape index (κ3) is 4.95. The van der Waals surface area contributed by atoms with Crippen LogP contribution >= 0.6 is 23.4 Å². The van der Waals surface area contributed by atoms with E-state index in [2.05, 4.69) is 16.4 Å². The molecule has 30 heavy (non-hydrogen) atoms. The van der Waals surface area contributed by atoms with Crippen molar-refractivity contribution < 1.29 is 13.2 Å². The summed E-state index contributed by atoms with van der Waals surface area (Å²) < 4.78 is 28.2. The van der Waals surface area contributed by atoms with Crippen LogP contribution in [0.3, 0.4) is 0 Å². The van der Waals surface area contributed by atoms with Gasteiger partial charge in [-0.15, -0.1) is 11.8 Å². The zero-order valence-corrected chi connectivity index (χ0v) is 18.7. The maximum atomic E-state index is 13.5. The first-order chi connectivity index (χ1) is 14.4. The van der Waals surface area contributed by atoms with Gasteiger partial charge in [-0.2, -0.15) is 9.57 Å². The number of carbonyl (C=O) groups is 1. The number of benzene rings is 1. The SMILES string of the molecule is CSc1nc(CN([C@@H]2CCCCNC2=O)S(=O)(=O)c2ccc(Cl)cc2)ccc1C#N. The standard InChI is InChI=1S/C20H21ClN4O3S2/c1-29-20-14(12-22)5-8-16(24-20)13-25(18-4-2-3-11-23-19(18)26)30(27,28)17-9-6-15(21)7-10-17/h5-10,18H,2-4,11,13H2,1H3,(H,23,26)/t18-/m1/s1. The molecule has 7 nitrogen and oxygen atoms in total. The highest BCUT2D eigenvalue weighted by molar-refractivity contribution is 7.98. The lowest BCUT2D eigenvalue weighted by molar-refractivity contribution is -0.124. The predicted molar refractivity (Wildman–Crippen MR) is 116 cm³/mol. The molecule has 1 N–H and O–H groups in total. The highest BCUT2D eigenvalue weighted by Crippen LogP contribution is 2.26. The number of thioether (sulfide) groups is 1. The quantitative estimate of drug-likeness (QED) is 0.658. The normalized spacial score (nSPS) is 17.3. The van der Waals surface area contributed by atoms with Gasteiger partial charge in [0.15, 0.2) is 0 Å². The maximum absolute atomic E-state index is 13.5. The Morgan fingerprint density at radius 2 is 2.00 bits per heavy atom. The molecule has 3 rings (SSSR count). The molecule has 0 unspecified atom stereocenters. The first-order valence-electron chi connectivity index (χ1n) is 9.36. The minimum absolute atomic E-state index is 0.0580. The number of nitriles is 1. The van der Waals surface area contributed by atoms with Crippen LogP contribution in [0.1, 0.15) is 30.5 Å². The third-order valence-corrected chi connectivity index (χ3v) is 7.64. The Morgan fingerprint density at radius 1 is 1.27 bits per heavy atom. The average Bonchev–Trinajstić information content (AvgIpc) is 2.96. The van der Waals surface area contributed by atoms with Crippen molar-refractivity contribution in [1.82, 2.24) is 14.6 Å². The van der Waals surface area contributed by atoms with Crippen LogP contribution in [0, 0.1) is 11.3 Å². The fourth-order valence-corrected chi connectivity index (χ4v) is 5.53. The highest BCUT2D eigenvalue weighted by atomic mass is 35.5. The molecule has 0 radical (unpaired) electrons. The van der Waals surface area contributed by atoms with E-state index in [9.17, 15) is 18.5 Å². The Morgan fingerprint density at radius 3 is 2.67 bits per heavy atom. The highest BCUT2D eigenvalue weighted by Gasteiger charge is 2.36. The van der Waals surface area contributed by atoms with Crippen LogP contribution in [0.25, 0.3) is 0 Å². The van der Waals surface area contributed by atoms with Gasteiger partial charge in [-0.3, -0.25) is 4.79 Å². The molecule has 2 heterocycles. The molecule has 1 aliphatic heterocycles. The van der Waals surface area contributed by atoms with Gasteiger partial charge in [0.1, 0.15) is 17.1 Å². The number of rotatable bonds is 6. The van der Waals surface area contributed by atoms with Gasteiger partial charge in [0, 0.05) is 11.6 Å². The summed E-state index contributed by atoms with van der Waals surface area (Å²) in [5, 5.41) is 13.0. The summed E-state index contributed by atoms with van der Waals surface area (Å²) in [6.07, 6.45) is 3.74. The first kappa shape index (κ1) is 22.6. The minimum atomic E-state index is -4.00. The van der Waals surface area contributed by atoms with Crippen molar-refractivity contribution >= 4 is 39.3 Å². The second-order valence-corrected chi connectivity index (χ2v) is 9.90. The smallest absolute Gasteiger partial charge is 0.244 e. The fourth-order valence-electron chi connectivity index (χ4n) is 3.27. The lowest BCUT2D eigenvalue weighted by Crippen LogP contribution is -2.48. The zero-order valence-electron chi connectivity index (χ0n) is 16.3. The molecule has 0 bridgehead atoms. The summed E-state index contributed by atoms with van der Waals surface area (Å²) in [7, 11) is -4.00. The Bertz CT molecular complexity index is 1070. The number of hydrogen-bond acceptors (Lipinski definition) is 6. The zero-order chi connectivity index (χ0) is 21.7. The molecule has 0 saturated carbocycles. The van der Waals surface area contributed by atoms with Crippen LogP contribution in [-0.2, 0) is 21.4 Å². The van der Waals surface area contributed by atoms with Gasteiger partial charge in [0.05, 0.1) is 22.7 Å². The van der Waals surface area contributed by atoms with E-state index in [4.69, 9.17) is 11.6 Å². The molecule has 1 aromatic carbocycles. The van der Waals surface area contributed by atoms with E-state index in [1.807, 2.05) is 0 Å². The number of nitrogens with one attached hydrogen (secondary N) is 1. The molecule has 158 valence electrons. The summed E-state index contributed by atoms with van der Waals surface area (Å²) >= 11 is 7.23. The lowest BCUT2D eigenvalue weighted by Gasteiger charge is -2.29. The van der Waals surface area contributed by atoms with Crippen LogP contribution in [0.15, 0.2) is 46.3 Å². The van der Waals surface area contributed by atoms with Crippen LogP contribution in [0.4, 0.5) is 0 Å². The Kier molecular flexibility index (Phi) is 7.36. The molecule has 1 atom stereocenters. The molecular formula is C20H21ClN4O3S2. The number of nitrogens with zero attached hydrogens (tertiary/aromatic N) is 3. The average molecular weight is 465 g/mol. The van der Waals surface area contributed by atoms with Crippen LogP contribution in [0.2, 0.25) is 5.02 Å². The van der Waals surface area contributed by atoms with Crippen LogP contribution in [0.5, 0.6) is 0 Å². The van der Waals surface area contributed by atoms with Crippen molar-refractivity contribution in [2.75, 3.05) is 12.8 Å². The molecule has 1 saturated heterocycles. The second-order valence-electron chi connectivity index (χ2n) is 6.78. The maximum Gasteiger partial charge on any atom is 0.244 e. The minimum Gasteiger partial charge on any atom is -0.355 e. The Labute approximate surface area is 185 Å². The van der Waals surface area contributed by atoms with Gasteiger partial charge >= 0.3 is 0 Å². The molecule has 0 spiro atoms. The van der Waals surface area contributed by atoms with Gasteiger partial charge < -0.3 is 5.32 Å². The second kappa shape index (κ2) is 9.79. The van der Waals surface area contributed by atoms with Crippen molar-refractivity contribution in [3.05, 3.63) is 52.7 Å². The molecule has 1 aromatic heterocycles. The van der Waals surface area contributed by atoms with Crippen molar-refractivity contribution in [3.8, 4) is 6.07 Å². The third-order valence-electron chi connectivity index (χ3n) is 4.82. The summed E-state index contributed by atoms with van der Waals surface area (Å²) in [5.74, 6) is -0.316. The fraction of sp³-hybridized carbons (Fsp3) is 0.350. The van der Waals surface area contributed by atoms with Crippen LogP contribution in [-0.4, -0.2) is 42.5 Å². The summed E-state index contributed by atoms with van der Waals surface area (Å²) in [4.78, 5) is 17.2. The van der Waals surface area contributed by atoms with E-state index in [1.54, 1.807) is 18.4 Å². The molecule has 0 aliphatic carbocycles. The van der Waals surface area contributed by atoms with Gasteiger partial charge in [0.25, 0.3) is 0 Å². The van der Waals surface area contributed by atoms with Crippen molar-refractivity contribution in [3.63, 3.8) is 0 Å². The molecule has 1 aliphatic rings. The van der Waals surface area contributed by atoms with Gasteiger partial charge in [-0.25, -0.2) is 13.4 Å². The van der Waals surface area contributed by atoms with Gasteiger partial charge in [0.2, 0.25) is 15.9 Å². The molecule has 1 amide bonds. The lowest BCUT2D eigenvalue weighted by atomic mass is 10.1. The van der Waals surface area contributed by atoms with Crippen molar-refractivity contribution in [2.24, 2.45) is 0 Å². The van der Waals surface area contributed by atoms with Crippen LogP contribution < -0.4 is 5.32 Å². The molecule has 2 aromatic rings. The molecular weight excluding hydrogens is 444 g/mol. The predicted octanol–water partition coefficient (Wildman–Crippen LogP) is 3.19. The van der Waals surface area contributed by atoms with E-state index in [1.165, 1.54) is 40.3 Å². The number of carbonyl (C=O) groups excluding carboxylic acids is 1. The monoisotopic (exact) mass is 464 g/mol. The topological polar surface area (TPSA) is 103 Å². The summed E-state index contributed by atoms with van der Waals surface area (Å²) in [6.45, 7) is 0.443. The number of aromatic nitrogens is 1. The Hall–Kier alpha value is -2.12. The van der Waals surface area contributed by atoms with E-state index >= 15 is 0 Å². The molecule has 1 fully saturated rings. The number of halogens is 1. The van der Waals surface area contributed by atoms with Gasteiger partial charge in [-0.05, 0) is 61.9 Å². The summed E-state index contributed by atoms with van der Waals surface area (Å²) in [5.41, 5.74) is 0.888. The van der Waals surface area contributed by atoms with E-state index in [0.29, 0.717) is 34.3 Å². The van der Waals surface area contributed by atoms with Crippen molar-refractivity contribution in [1.29, 1.82) is 5.26 Å². The number of sulfonamides is 1. The number of pyridine rings is 1. The van der Waals surface area contributed by atoms with Crippen molar-refractivity contribution in [2.45, 2.75) is 41.8 Å². The Balaban J connectivity index is 2.04.